The molecule has 1 nitrogen and oxygen atoms in total. The molecule has 0 aliphatic rings. The average molecular weight is 431 g/mol. The minimum atomic E-state index is -2.33. The van der Waals surface area contributed by atoms with Crippen LogP contribution in [-0.2, 0) is 0 Å². The molecule has 0 rings (SSSR count). The zero-order valence-electron chi connectivity index (χ0n) is 16.6. The minimum absolute atomic E-state index is 0.362. The normalized spacial score (nSPS) is 12.8. The summed E-state index contributed by atoms with van der Waals surface area (Å²) in [5.74, 6) is 0. The third kappa shape index (κ3) is 10.2. The zero-order valence-corrected chi connectivity index (χ0v) is 19.5. The van der Waals surface area contributed by atoms with Gasteiger partial charge in [0.25, 0.3) is 0 Å². The Morgan fingerprint density at radius 2 is 1.17 bits per heavy atom. The average Bonchev–Trinajstić information content (AvgIpc) is 2.58. The van der Waals surface area contributed by atoms with Crippen molar-refractivity contribution in [3.63, 3.8) is 0 Å². The van der Waals surface area contributed by atoms with Crippen LogP contribution in [0.3, 0.4) is 0 Å². The van der Waals surface area contributed by atoms with Gasteiger partial charge in [-0.15, -0.1) is 0 Å². The topological polar surface area (TPSA) is 20.2 Å². The molecule has 0 saturated heterocycles. The molecule has 0 radical (unpaired) electrons. The van der Waals surface area contributed by atoms with Gasteiger partial charge in [0.05, 0.1) is 0 Å². The van der Waals surface area contributed by atoms with E-state index in [1.165, 1.54) is 83.9 Å². The fraction of sp³-hybridized carbons (Fsp3) is 0.905. The van der Waals surface area contributed by atoms with E-state index in [0.717, 1.165) is 0 Å². The molecule has 2 heteroatoms. The van der Waals surface area contributed by atoms with Crippen LogP contribution in [0.4, 0.5) is 0 Å². The number of aliphatic hydroxyl groups is 1. The fourth-order valence-corrected chi connectivity index (χ4v) is 20.0. The van der Waals surface area contributed by atoms with E-state index in [-0.39, 0.29) is 0 Å². The summed E-state index contributed by atoms with van der Waals surface area (Å²) in [5, 5.41) is 10.1. The van der Waals surface area contributed by atoms with Crippen LogP contribution in [0.1, 0.15) is 98.3 Å². The van der Waals surface area contributed by atoms with Gasteiger partial charge in [-0.25, -0.2) is 0 Å². The van der Waals surface area contributed by atoms with Crippen molar-refractivity contribution in [3.05, 3.63) is 9.67 Å². The first-order valence-corrected chi connectivity index (χ1v) is 18.0. The third-order valence-corrected chi connectivity index (χ3v) is 21.5. The van der Waals surface area contributed by atoms with Crippen LogP contribution in [0.25, 0.3) is 0 Å². The first-order valence-electron chi connectivity index (χ1n) is 10.5. The second-order valence-corrected chi connectivity index (χ2v) is 20.8. The van der Waals surface area contributed by atoms with E-state index in [2.05, 4.69) is 33.8 Å². The molecule has 0 aromatic heterocycles. The summed E-state index contributed by atoms with van der Waals surface area (Å²) in [4.78, 5) is 0. The van der Waals surface area contributed by atoms with Crippen LogP contribution in [0.2, 0.25) is 13.3 Å². The molecule has 0 aromatic rings. The number of aliphatic hydroxyl groups excluding tert-OH is 1. The Balaban J connectivity index is 5.05. The molecular weight excluding hydrogens is 387 g/mol. The van der Waals surface area contributed by atoms with Gasteiger partial charge in [-0.3, -0.25) is 0 Å². The van der Waals surface area contributed by atoms with E-state index >= 15 is 0 Å². The number of unbranched alkanes of at least 4 members (excludes halogenated alkanes) is 7. The molecule has 0 spiro atoms. The summed E-state index contributed by atoms with van der Waals surface area (Å²) in [6, 6.07) is 0. The number of rotatable bonds is 16. The van der Waals surface area contributed by atoms with Gasteiger partial charge < -0.3 is 0 Å². The second kappa shape index (κ2) is 16.0. The fourth-order valence-electron chi connectivity index (χ4n) is 3.70. The molecule has 0 unspecified atom stereocenters. The summed E-state index contributed by atoms with van der Waals surface area (Å²) in [6.45, 7) is 9.60. The van der Waals surface area contributed by atoms with Crippen LogP contribution in [-0.4, -0.2) is 30.1 Å². The monoisotopic (exact) mass is 432 g/mol. The van der Waals surface area contributed by atoms with E-state index in [9.17, 15) is 5.11 Å². The summed E-state index contributed by atoms with van der Waals surface area (Å²) in [6.07, 6.45) is 17.1. The molecule has 0 fully saturated rings. The van der Waals surface area contributed by atoms with Gasteiger partial charge in [-0.1, -0.05) is 0 Å². The molecule has 0 heterocycles. The molecule has 138 valence electrons. The molecule has 0 aliphatic heterocycles. The van der Waals surface area contributed by atoms with Gasteiger partial charge in [0, 0.05) is 0 Å². The molecule has 1 N–H and O–H groups in total. The van der Waals surface area contributed by atoms with Gasteiger partial charge in [0.1, 0.15) is 0 Å². The van der Waals surface area contributed by atoms with Gasteiger partial charge in [-0.05, 0) is 0 Å². The molecule has 0 amide bonds. The quantitative estimate of drug-likeness (QED) is 0.201. The van der Waals surface area contributed by atoms with Gasteiger partial charge >= 0.3 is 151 Å². The summed E-state index contributed by atoms with van der Waals surface area (Å²) < 4.78 is 6.01. The maximum atomic E-state index is 10.1. The Morgan fingerprint density at radius 1 is 0.696 bits per heavy atom. The molecule has 23 heavy (non-hydrogen) atoms. The molecular formula is C21H44OSn. The zero-order chi connectivity index (χ0) is 17.4. The van der Waals surface area contributed by atoms with E-state index < -0.39 is 18.4 Å². The molecule has 0 aromatic carbocycles. The van der Waals surface area contributed by atoms with Crippen LogP contribution in [0, 0.1) is 0 Å². The van der Waals surface area contributed by atoms with Crippen molar-refractivity contribution in [2.75, 3.05) is 6.61 Å². The van der Waals surface area contributed by atoms with Crippen molar-refractivity contribution in [1.82, 2.24) is 0 Å². The first-order chi connectivity index (χ1) is 11.2. The standard InChI is InChI=1S/C9H17O.3C4H9.Sn/c1-2-3-4-5-6-7-8-9-10;3*1-3-4-2;/h7,10H,2-6,9H2,1H3;3*1,3-4H2,2H3;. The van der Waals surface area contributed by atoms with E-state index in [1.807, 2.05) is 0 Å². The molecule has 0 atom stereocenters. The van der Waals surface area contributed by atoms with Crippen molar-refractivity contribution >= 4 is 18.4 Å². The Kier molecular flexibility index (Phi) is 16.3. The van der Waals surface area contributed by atoms with Crippen molar-refractivity contribution in [2.24, 2.45) is 0 Å². The first kappa shape index (κ1) is 23.5. The Hall–Kier alpha value is 0.499. The van der Waals surface area contributed by atoms with Crippen LogP contribution < -0.4 is 0 Å². The van der Waals surface area contributed by atoms with Crippen LogP contribution in [0.15, 0.2) is 9.67 Å². The second-order valence-electron chi connectivity index (χ2n) is 7.33. The van der Waals surface area contributed by atoms with Crippen molar-refractivity contribution in [1.29, 1.82) is 0 Å². The summed E-state index contributed by atoms with van der Waals surface area (Å²) in [7, 11) is 0. The Morgan fingerprint density at radius 3 is 1.57 bits per heavy atom. The molecule has 0 aliphatic carbocycles. The van der Waals surface area contributed by atoms with Crippen LogP contribution in [0.5, 0.6) is 0 Å². The number of hydrogen-bond donors (Lipinski definition) is 1. The van der Waals surface area contributed by atoms with Gasteiger partial charge in [-0.2, -0.15) is 0 Å². The van der Waals surface area contributed by atoms with E-state index in [0.29, 0.717) is 6.61 Å². The van der Waals surface area contributed by atoms with Crippen molar-refractivity contribution < 1.29 is 5.11 Å². The van der Waals surface area contributed by atoms with Crippen molar-refractivity contribution in [3.8, 4) is 0 Å². The summed E-state index contributed by atoms with van der Waals surface area (Å²) >= 11 is -2.33. The Bertz CT molecular complexity index is 264. The van der Waals surface area contributed by atoms with Gasteiger partial charge in [0.2, 0.25) is 0 Å². The Labute approximate surface area is 151 Å². The third-order valence-electron chi connectivity index (χ3n) is 5.33. The van der Waals surface area contributed by atoms with Gasteiger partial charge in [0.15, 0.2) is 0 Å². The van der Waals surface area contributed by atoms with Crippen molar-refractivity contribution in [2.45, 2.75) is 112 Å². The van der Waals surface area contributed by atoms with E-state index in [4.69, 9.17) is 0 Å². The van der Waals surface area contributed by atoms with Crippen LogP contribution >= 0.6 is 0 Å². The molecule has 0 saturated carbocycles. The number of allylic oxidation sites excluding steroid dienone is 1. The van der Waals surface area contributed by atoms with E-state index in [1.54, 1.807) is 3.59 Å². The SMILES string of the molecule is CCCCCC/C=[C](\CO)[Sn]([CH2]CCC)([CH2]CCC)[CH2]CCC. The molecule has 0 bridgehead atoms. The predicted molar refractivity (Wildman–Crippen MR) is 109 cm³/mol. The maximum absolute atomic E-state index is 10.1. The number of hydrogen-bond acceptors (Lipinski definition) is 1. The predicted octanol–water partition coefficient (Wildman–Crippen LogP) is 7.26. The summed E-state index contributed by atoms with van der Waals surface area (Å²) in [5.41, 5.74) is 0.